The lowest BCUT2D eigenvalue weighted by Crippen LogP contribution is -2.15. The van der Waals surface area contributed by atoms with Gasteiger partial charge in [-0.15, -0.1) is 0 Å². The number of hydrogen-bond donors (Lipinski definition) is 1. The highest BCUT2D eigenvalue weighted by Crippen LogP contribution is 2.25. The first-order valence-corrected chi connectivity index (χ1v) is 6.39. The van der Waals surface area contributed by atoms with Crippen molar-refractivity contribution in [3.8, 4) is 5.88 Å². The Bertz CT molecular complexity index is 420. The molecule has 1 N–H and O–H groups in total. The van der Waals surface area contributed by atoms with Gasteiger partial charge in [0.15, 0.2) is 0 Å². The van der Waals surface area contributed by atoms with Crippen molar-refractivity contribution >= 4 is 0 Å². The van der Waals surface area contributed by atoms with E-state index in [0.717, 1.165) is 0 Å². The largest absolute Gasteiger partial charge is 0.477 e. The number of nitrogens with zero attached hydrogens (tertiary/aromatic N) is 1. The molecule has 0 aromatic carbocycles. The van der Waals surface area contributed by atoms with Crippen LogP contribution in [0.15, 0.2) is 10.9 Å². The molecule has 1 aliphatic rings. The summed E-state index contributed by atoms with van der Waals surface area (Å²) >= 11 is 0. The zero-order chi connectivity index (χ0) is 12.3. The van der Waals surface area contributed by atoms with Gasteiger partial charge in [0, 0.05) is 5.92 Å². The molecule has 1 aromatic heterocycles. The molecule has 1 aliphatic carbocycles. The molecule has 94 valence electrons. The number of aromatic nitrogens is 2. The Kier molecular flexibility index (Phi) is 3.82. The lowest BCUT2D eigenvalue weighted by Gasteiger charge is -2.11. The van der Waals surface area contributed by atoms with E-state index < -0.39 is 0 Å². The van der Waals surface area contributed by atoms with Gasteiger partial charge in [-0.05, 0) is 18.8 Å². The predicted octanol–water partition coefficient (Wildman–Crippen LogP) is 2.46. The number of aromatic amines is 1. The summed E-state index contributed by atoms with van der Waals surface area (Å²) < 4.78 is 5.63. The minimum absolute atomic E-state index is 0.134. The molecule has 4 nitrogen and oxygen atoms in total. The van der Waals surface area contributed by atoms with Crippen LogP contribution in [0.25, 0.3) is 0 Å². The Morgan fingerprint density at radius 2 is 2.18 bits per heavy atom. The van der Waals surface area contributed by atoms with Crippen LogP contribution in [0.4, 0.5) is 0 Å². The maximum absolute atomic E-state index is 11.4. The van der Waals surface area contributed by atoms with Crippen LogP contribution in [0.3, 0.4) is 0 Å². The fraction of sp³-hybridized carbons (Fsp3) is 0.692. The average molecular weight is 236 g/mol. The first-order chi connectivity index (χ1) is 8.15. The molecular weight excluding hydrogens is 216 g/mol. The molecular formula is C13H20N2O2. The van der Waals surface area contributed by atoms with Crippen LogP contribution < -0.4 is 10.3 Å². The highest BCUT2D eigenvalue weighted by molar-refractivity contribution is 5.10. The van der Waals surface area contributed by atoms with E-state index >= 15 is 0 Å². The Morgan fingerprint density at radius 1 is 1.47 bits per heavy atom. The van der Waals surface area contributed by atoms with Crippen LogP contribution in [-0.2, 0) is 0 Å². The monoisotopic (exact) mass is 236 g/mol. The molecule has 0 spiro atoms. The van der Waals surface area contributed by atoms with E-state index in [9.17, 15) is 4.79 Å². The third-order valence-corrected chi connectivity index (χ3v) is 3.23. The van der Waals surface area contributed by atoms with Crippen LogP contribution in [0.2, 0.25) is 0 Å². The minimum atomic E-state index is -0.134. The molecule has 2 rings (SSSR count). The van der Waals surface area contributed by atoms with Crippen molar-refractivity contribution in [2.24, 2.45) is 5.92 Å². The zero-order valence-electron chi connectivity index (χ0n) is 10.5. The van der Waals surface area contributed by atoms with Gasteiger partial charge in [0.25, 0.3) is 5.56 Å². The number of rotatable bonds is 4. The van der Waals surface area contributed by atoms with Crippen LogP contribution in [0, 0.1) is 5.92 Å². The van der Waals surface area contributed by atoms with Crippen LogP contribution in [0.1, 0.15) is 51.3 Å². The van der Waals surface area contributed by atoms with E-state index in [4.69, 9.17) is 4.74 Å². The molecule has 4 heteroatoms. The summed E-state index contributed by atoms with van der Waals surface area (Å²) in [5.74, 6) is 2.00. The second-order valence-corrected chi connectivity index (χ2v) is 5.09. The van der Waals surface area contributed by atoms with Gasteiger partial charge in [0.2, 0.25) is 5.88 Å². The van der Waals surface area contributed by atoms with Gasteiger partial charge in [0.1, 0.15) is 5.82 Å². The van der Waals surface area contributed by atoms with Crippen molar-refractivity contribution in [2.75, 3.05) is 6.61 Å². The molecule has 1 heterocycles. The summed E-state index contributed by atoms with van der Waals surface area (Å²) in [6, 6.07) is 1.43. The van der Waals surface area contributed by atoms with Gasteiger partial charge < -0.3 is 9.72 Å². The maximum atomic E-state index is 11.4. The number of H-pyrrole nitrogens is 1. The quantitative estimate of drug-likeness (QED) is 0.873. The normalized spacial score (nSPS) is 16.6. The summed E-state index contributed by atoms with van der Waals surface area (Å²) in [5, 5.41) is 0. The molecule has 0 atom stereocenters. The lowest BCUT2D eigenvalue weighted by atomic mass is 10.1. The second-order valence-electron chi connectivity index (χ2n) is 5.09. The topological polar surface area (TPSA) is 55.0 Å². The molecule has 1 fully saturated rings. The molecule has 17 heavy (non-hydrogen) atoms. The fourth-order valence-electron chi connectivity index (χ4n) is 2.18. The first kappa shape index (κ1) is 12.1. The summed E-state index contributed by atoms with van der Waals surface area (Å²) in [6.45, 7) is 4.69. The van der Waals surface area contributed by atoms with Crippen molar-refractivity contribution in [3.63, 3.8) is 0 Å². The van der Waals surface area contributed by atoms with Crippen molar-refractivity contribution in [2.45, 2.75) is 45.4 Å². The molecule has 1 saturated carbocycles. The van der Waals surface area contributed by atoms with Gasteiger partial charge >= 0.3 is 0 Å². The van der Waals surface area contributed by atoms with E-state index in [2.05, 4.69) is 9.97 Å². The SMILES string of the molecule is CC(C)c1nc(OCC2CCCC2)cc(=O)[nH]1. The Hall–Kier alpha value is -1.32. The minimum Gasteiger partial charge on any atom is -0.477 e. The fourth-order valence-corrected chi connectivity index (χ4v) is 2.18. The Labute approximate surface area is 101 Å². The predicted molar refractivity (Wildman–Crippen MR) is 66.4 cm³/mol. The number of hydrogen-bond acceptors (Lipinski definition) is 3. The summed E-state index contributed by atoms with van der Waals surface area (Å²) in [6.07, 6.45) is 5.07. The van der Waals surface area contributed by atoms with Gasteiger partial charge in [0.05, 0.1) is 12.7 Å². The van der Waals surface area contributed by atoms with Gasteiger partial charge in [-0.1, -0.05) is 26.7 Å². The third kappa shape index (κ3) is 3.32. The standard InChI is InChI=1S/C13H20N2O2/c1-9(2)13-14-11(16)7-12(15-13)17-8-10-5-3-4-6-10/h7,9-10H,3-6,8H2,1-2H3,(H,14,15,16). The number of nitrogens with one attached hydrogen (secondary N) is 1. The average Bonchev–Trinajstić information content (AvgIpc) is 2.78. The zero-order valence-corrected chi connectivity index (χ0v) is 10.5. The van der Waals surface area contributed by atoms with Crippen LogP contribution in [0.5, 0.6) is 5.88 Å². The second kappa shape index (κ2) is 5.34. The molecule has 1 aromatic rings. The van der Waals surface area contributed by atoms with Crippen molar-refractivity contribution in [1.29, 1.82) is 0 Å². The summed E-state index contributed by atoms with van der Waals surface area (Å²) in [7, 11) is 0. The summed E-state index contributed by atoms with van der Waals surface area (Å²) in [4.78, 5) is 18.5. The van der Waals surface area contributed by atoms with E-state index in [1.54, 1.807) is 0 Å². The van der Waals surface area contributed by atoms with Crippen molar-refractivity contribution in [1.82, 2.24) is 9.97 Å². The first-order valence-electron chi connectivity index (χ1n) is 6.39. The molecule has 0 unspecified atom stereocenters. The van der Waals surface area contributed by atoms with Crippen LogP contribution >= 0.6 is 0 Å². The van der Waals surface area contributed by atoms with Gasteiger partial charge in [-0.25, -0.2) is 0 Å². The third-order valence-electron chi connectivity index (χ3n) is 3.23. The van der Waals surface area contributed by atoms with Gasteiger partial charge in [-0.3, -0.25) is 4.79 Å². The van der Waals surface area contributed by atoms with E-state index in [1.807, 2.05) is 13.8 Å². The van der Waals surface area contributed by atoms with Crippen LogP contribution in [-0.4, -0.2) is 16.6 Å². The molecule has 0 amide bonds. The Balaban J connectivity index is 2.02. The molecule has 0 aliphatic heterocycles. The summed E-state index contributed by atoms with van der Waals surface area (Å²) in [5.41, 5.74) is -0.134. The highest BCUT2D eigenvalue weighted by atomic mass is 16.5. The smallest absolute Gasteiger partial charge is 0.254 e. The molecule has 0 radical (unpaired) electrons. The molecule has 0 saturated heterocycles. The number of ether oxygens (including phenoxy) is 1. The van der Waals surface area contributed by atoms with E-state index in [-0.39, 0.29) is 11.5 Å². The lowest BCUT2D eigenvalue weighted by molar-refractivity contribution is 0.242. The Morgan fingerprint density at radius 3 is 2.82 bits per heavy atom. The van der Waals surface area contributed by atoms with Gasteiger partial charge in [-0.2, -0.15) is 4.98 Å². The molecule has 0 bridgehead atoms. The van der Waals surface area contributed by atoms with Crippen molar-refractivity contribution in [3.05, 3.63) is 22.2 Å². The highest BCUT2D eigenvalue weighted by Gasteiger charge is 2.16. The van der Waals surface area contributed by atoms with E-state index in [1.165, 1.54) is 31.7 Å². The van der Waals surface area contributed by atoms with E-state index in [0.29, 0.717) is 24.2 Å². The maximum Gasteiger partial charge on any atom is 0.254 e. The van der Waals surface area contributed by atoms with Crippen molar-refractivity contribution < 1.29 is 4.74 Å².